The van der Waals surface area contributed by atoms with Gasteiger partial charge in [-0.05, 0) is 60.7 Å². The number of aromatic nitrogens is 4. The Hall–Kier alpha value is -5.94. The smallest absolute Gasteiger partial charge is 0.136 e. The Morgan fingerprint density at radius 1 is 0.519 bits per heavy atom. The van der Waals surface area contributed by atoms with Crippen molar-refractivity contribution in [2.75, 3.05) is 0 Å². The maximum absolute atomic E-state index is 6.28. The maximum Gasteiger partial charge on any atom is 0.136 e. The fourth-order valence-corrected chi connectivity index (χ4v) is 8.07. The van der Waals surface area contributed by atoms with Crippen LogP contribution in [0.5, 0.6) is 0 Å². The number of allylic oxidation sites excluding steroid dienone is 4. The van der Waals surface area contributed by atoms with E-state index in [1.807, 2.05) is 54.6 Å². The van der Waals surface area contributed by atoms with Crippen molar-refractivity contribution < 1.29 is 0 Å². The highest BCUT2D eigenvalue weighted by Crippen LogP contribution is 2.43. The summed E-state index contributed by atoms with van der Waals surface area (Å²) in [6.07, 6.45) is 7.36. The van der Waals surface area contributed by atoms with Gasteiger partial charge in [-0.25, -0.2) is 9.97 Å². The summed E-state index contributed by atoms with van der Waals surface area (Å²) in [6, 6.07) is 50.4. The predicted octanol–water partition coefficient (Wildman–Crippen LogP) is 12.9. The van der Waals surface area contributed by atoms with E-state index in [4.69, 9.17) is 33.2 Å². The third kappa shape index (κ3) is 5.06. The van der Waals surface area contributed by atoms with E-state index >= 15 is 0 Å². The van der Waals surface area contributed by atoms with Gasteiger partial charge in [-0.1, -0.05) is 126 Å². The number of hydrogen-bond acceptors (Lipinski definition) is 2. The van der Waals surface area contributed by atoms with E-state index in [1.165, 1.54) is 49.3 Å². The van der Waals surface area contributed by atoms with Crippen LogP contribution >= 0.6 is 23.2 Å². The summed E-state index contributed by atoms with van der Waals surface area (Å²) in [7, 11) is 0. The first-order valence-corrected chi connectivity index (χ1v) is 18.2. The molecule has 0 spiro atoms. The second kappa shape index (κ2) is 12.4. The molecule has 0 bridgehead atoms. The quantitative estimate of drug-likeness (QED) is 0.178. The normalized spacial score (nSPS) is 14.5. The molecule has 0 fully saturated rings. The van der Waals surface area contributed by atoms with Crippen LogP contribution < -0.4 is 0 Å². The molecular weight excluding hydrogens is 679 g/mol. The number of halogens is 2. The molecule has 0 N–H and O–H groups in total. The molecule has 1 atom stereocenters. The van der Waals surface area contributed by atoms with Crippen molar-refractivity contribution in [1.29, 1.82) is 0 Å². The first-order chi connectivity index (χ1) is 25.6. The molecule has 0 saturated heterocycles. The van der Waals surface area contributed by atoms with Crippen LogP contribution in [-0.2, 0) is 0 Å². The highest BCUT2D eigenvalue weighted by Gasteiger charge is 2.25. The van der Waals surface area contributed by atoms with E-state index in [1.54, 1.807) is 0 Å². The topological polar surface area (TPSA) is 35.6 Å². The maximum atomic E-state index is 6.28. The van der Waals surface area contributed by atoms with Gasteiger partial charge in [0.25, 0.3) is 0 Å². The molecule has 52 heavy (non-hydrogen) atoms. The highest BCUT2D eigenvalue weighted by molar-refractivity contribution is 6.31. The third-order valence-corrected chi connectivity index (χ3v) is 10.7. The van der Waals surface area contributed by atoms with Crippen molar-refractivity contribution in [3.05, 3.63) is 180 Å². The number of para-hydroxylation sites is 3. The van der Waals surface area contributed by atoms with Crippen molar-refractivity contribution in [1.82, 2.24) is 19.1 Å². The first-order valence-electron chi connectivity index (χ1n) is 17.4. The van der Waals surface area contributed by atoms with Crippen molar-refractivity contribution >= 4 is 72.5 Å². The van der Waals surface area contributed by atoms with Crippen LogP contribution in [-0.4, -0.2) is 19.1 Å². The van der Waals surface area contributed by atoms with E-state index in [9.17, 15) is 0 Å². The molecule has 0 saturated carbocycles. The van der Waals surface area contributed by atoms with E-state index in [-0.39, 0.29) is 5.92 Å². The lowest BCUT2D eigenvalue weighted by Gasteiger charge is -2.22. The average molecular weight is 710 g/mol. The van der Waals surface area contributed by atoms with Crippen molar-refractivity contribution in [2.45, 2.75) is 12.3 Å². The number of hydrogen-bond donors (Lipinski definition) is 0. The molecule has 248 valence electrons. The Balaban J connectivity index is 1.18. The van der Waals surface area contributed by atoms with Crippen LogP contribution in [0.15, 0.2) is 164 Å². The Bertz CT molecular complexity index is 2820. The Labute approximate surface area is 310 Å². The summed E-state index contributed by atoms with van der Waals surface area (Å²) in [5.74, 6) is 0.706. The summed E-state index contributed by atoms with van der Waals surface area (Å²) in [5, 5.41) is 6.28. The van der Waals surface area contributed by atoms with Gasteiger partial charge in [0.1, 0.15) is 5.82 Å². The van der Waals surface area contributed by atoms with Gasteiger partial charge in [0, 0.05) is 66.4 Å². The summed E-state index contributed by atoms with van der Waals surface area (Å²) < 4.78 is 4.90. The fourth-order valence-electron chi connectivity index (χ4n) is 7.82. The monoisotopic (exact) mass is 708 g/mol. The standard InChI is InChI=1S/C46H30Cl2N4/c47-32-21-17-29(18-22-32)40-28-41(30-19-23-33(48)24-20-30)50-46(49-40)31-9-8-12-35(27-31)52-43-16-7-5-14-37(43)39-26-25-38-36-13-4-6-15-42(36)51(44(38)45(39)52)34-10-2-1-3-11-34/h1-26,28,31H,27H2. The minimum Gasteiger partial charge on any atom is -0.311 e. The second-order valence-corrected chi connectivity index (χ2v) is 14.1. The molecule has 9 aromatic rings. The molecule has 0 amide bonds. The van der Waals surface area contributed by atoms with E-state index in [0.29, 0.717) is 10.0 Å². The van der Waals surface area contributed by atoms with Crippen LogP contribution in [0.4, 0.5) is 0 Å². The lowest BCUT2D eigenvalue weighted by molar-refractivity contribution is 0.768. The molecule has 0 aliphatic heterocycles. The molecule has 6 heteroatoms. The highest BCUT2D eigenvalue weighted by atomic mass is 35.5. The molecule has 3 heterocycles. The Kier molecular flexibility index (Phi) is 7.34. The summed E-state index contributed by atoms with van der Waals surface area (Å²) in [4.78, 5) is 10.4. The number of benzene rings is 6. The van der Waals surface area contributed by atoms with E-state index < -0.39 is 0 Å². The molecule has 10 rings (SSSR count). The van der Waals surface area contributed by atoms with Crippen LogP contribution in [0.1, 0.15) is 18.2 Å². The van der Waals surface area contributed by atoms with Gasteiger partial charge in [-0.3, -0.25) is 0 Å². The second-order valence-electron chi connectivity index (χ2n) is 13.3. The van der Waals surface area contributed by atoms with Gasteiger partial charge in [0.15, 0.2) is 0 Å². The molecule has 4 nitrogen and oxygen atoms in total. The number of fused-ring (bicyclic) bond motifs is 7. The van der Waals surface area contributed by atoms with Gasteiger partial charge < -0.3 is 9.13 Å². The Morgan fingerprint density at radius 3 is 1.63 bits per heavy atom. The number of rotatable bonds is 5. The van der Waals surface area contributed by atoms with Crippen LogP contribution in [0.3, 0.4) is 0 Å². The SMILES string of the molecule is Clc1ccc(-c2cc(-c3ccc(Cl)cc3)nc(C3C=CC=C(n4c5ccccc5c5ccc6c7ccccc7n(-c7ccccc7)c6c54)C3)n2)cc1. The lowest BCUT2D eigenvalue weighted by Crippen LogP contribution is -2.10. The minimum atomic E-state index is -0.0614. The molecule has 1 aliphatic carbocycles. The molecule has 6 aromatic carbocycles. The minimum absolute atomic E-state index is 0.0614. The zero-order valence-electron chi connectivity index (χ0n) is 27.9. The van der Waals surface area contributed by atoms with Crippen molar-refractivity contribution in [2.24, 2.45) is 0 Å². The predicted molar refractivity (Wildman–Crippen MR) is 217 cm³/mol. The molecule has 0 radical (unpaired) electrons. The van der Waals surface area contributed by atoms with E-state index in [2.05, 4.69) is 118 Å². The van der Waals surface area contributed by atoms with Crippen LogP contribution in [0.25, 0.3) is 77.5 Å². The average Bonchev–Trinajstić information content (AvgIpc) is 3.72. The van der Waals surface area contributed by atoms with Gasteiger partial charge in [0.2, 0.25) is 0 Å². The zero-order valence-corrected chi connectivity index (χ0v) is 29.4. The van der Waals surface area contributed by atoms with Gasteiger partial charge in [-0.15, -0.1) is 0 Å². The third-order valence-electron chi connectivity index (χ3n) is 10.2. The summed E-state index contributed by atoms with van der Waals surface area (Å²) in [5.41, 5.74) is 10.7. The van der Waals surface area contributed by atoms with E-state index in [0.717, 1.165) is 40.4 Å². The van der Waals surface area contributed by atoms with Gasteiger partial charge in [0.05, 0.1) is 33.5 Å². The molecular formula is C46H30Cl2N4. The fraction of sp³-hybridized carbons (Fsp3) is 0.0435. The zero-order chi connectivity index (χ0) is 34.8. The summed E-state index contributed by atoms with van der Waals surface area (Å²) >= 11 is 12.6. The van der Waals surface area contributed by atoms with Gasteiger partial charge in [-0.2, -0.15) is 0 Å². The van der Waals surface area contributed by atoms with Crippen LogP contribution in [0.2, 0.25) is 10.0 Å². The van der Waals surface area contributed by atoms with Crippen molar-refractivity contribution in [3.8, 4) is 28.2 Å². The summed E-state index contributed by atoms with van der Waals surface area (Å²) in [6.45, 7) is 0. The van der Waals surface area contributed by atoms with Crippen LogP contribution in [0, 0.1) is 0 Å². The molecule has 3 aromatic heterocycles. The first kappa shape index (κ1) is 30.8. The molecule has 1 unspecified atom stereocenters. The number of nitrogens with zero attached hydrogens (tertiary/aromatic N) is 4. The van der Waals surface area contributed by atoms with Gasteiger partial charge >= 0.3 is 0 Å². The van der Waals surface area contributed by atoms with Crippen molar-refractivity contribution in [3.63, 3.8) is 0 Å². The lowest BCUT2D eigenvalue weighted by atomic mass is 9.96. The largest absolute Gasteiger partial charge is 0.311 e. The molecule has 1 aliphatic rings. The Morgan fingerprint density at radius 2 is 1.04 bits per heavy atom.